The minimum atomic E-state index is 0.447. The van der Waals surface area contributed by atoms with Crippen molar-refractivity contribution in [2.75, 3.05) is 20.2 Å². The van der Waals surface area contributed by atoms with Crippen molar-refractivity contribution in [2.45, 2.75) is 33.2 Å². The van der Waals surface area contributed by atoms with E-state index in [1.165, 1.54) is 0 Å². The summed E-state index contributed by atoms with van der Waals surface area (Å²) in [6.45, 7) is 8.69. The highest BCUT2D eigenvalue weighted by Crippen LogP contribution is 2.13. The Morgan fingerprint density at radius 2 is 1.83 bits per heavy atom. The molecular weight excluding hydrogens is 224 g/mol. The van der Waals surface area contributed by atoms with E-state index >= 15 is 0 Å². The SMILES string of the molecule is CCN(CC)C(C)C/C(=N/c1ccccc1)OC. The molecule has 0 fully saturated rings. The normalized spacial score (nSPS) is 13.7. The van der Waals surface area contributed by atoms with Gasteiger partial charge in [0.15, 0.2) is 5.90 Å². The van der Waals surface area contributed by atoms with Crippen molar-refractivity contribution in [3.8, 4) is 0 Å². The van der Waals surface area contributed by atoms with Crippen molar-refractivity contribution < 1.29 is 4.74 Å². The van der Waals surface area contributed by atoms with Gasteiger partial charge in [0.1, 0.15) is 0 Å². The van der Waals surface area contributed by atoms with Crippen LogP contribution in [-0.4, -0.2) is 37.0 Å². The van der Waals surface area contributed by atoms with Crippen molar-refractivity contribution >= 4 is 11.6 Å². The lowest BCUT2D eigenvalue weighted by atomic mass is 10.2. The van der Waals surface area contributed by atoms with E-state index in [-0.39, 0.29) is 0 Å². The molecular formula is C15H24N2O. The molecule has 0 bridgehead atoms. The number of ether oxygens (including phenoxy) is 1. The Hall–Kier alpha value is -1.35. The van der Waals surface area contributed by atoms with Gasteiger partial charge >= 0.3 is 0 Å². The van der Waals surface area contributed by atoms with Crippen molar-refractivity contribution in [3.05, 3.63) is 30.3 Å². The Morgan fingerprint density at radius 1 is 1.22 bits per heavy atom. The molecule has 0 radical (unpaired) electrons. The number of methoxy groups -OCH3 is 1. The van der Waals surface area contributed by atoms with Gasteiger partial charge in [-0.25, -0.2) is 4.99 Å². The van der Waals surface area contributed by atoms with Gasteiger partial charge in [0.05, 0.1) is 12.8 Å². The number of aliphatic imine (C=N–C) groups is 1. The third-order valence-corrected chi connectivity index (χ3v) is 3.15. The number of hydrogen-bond donors (Lipinski definition) is 0. The van der Waals surface area contributed by atoms with Gasteiger partial charge in [0, 0.05) is 12.5 Å². The van der Waals surface area contributed by atoms with Gasteiger partial charge in [-0.1, -0.05) is 32.0 Å². The highest BCUT2D eigenvalue weighted by molar-refractivity contribution is 5.79. The molecule has 0 heterocycles. The largest absolute Gasteiger partial charge is 0.484 e. The van der Waals surface area contributed by atoms with Crippen molar-refractivity contribution in [3.63, 3.8) is 0 Å². The Balaban J connectivity index is 2.70. The van der Waals surface area contributed by atoms with E-state index < -0.39 is 0 Å². The van der Waals surface area contributed by atoms with E-state index in [9.17, 15) is 0 Å². The molecule has 0 aliphatic carbocycles. The van der Waals surface area contributed by atoms with Crippen LogP contribution in [0.15, 0.2) is 35.3 Å². The van der Waals surface area contributed by atoms with Crippen LogP contribution in [0, 0.1) is 0 Å². The number of hydrogen-bond acceptors (Lipinski definition) is 3. The van der Waals surface area contributed by atoms with E-state index in [2.05, 4.69) is 30.7 Å². The van der Waals surface area contributed by atoms with Gasteiger partial charge in [0.2, 0.25) is 0 Å². The molecule has 1 unspecified atom stereocenters. The zero-order valence-electron chi connectivity index (χ0n) is 11.9. The van der Waals surface area contributed by atoms with Crippen LogP contribution in [0.5, 0.6) is 0 Å². The highest BCUT2D eigenvalue weighted by Gasteiger charge is 2.13. The Morgan fingerprint density at radius 3 is 2.33 bits per heavy atom. The lowest BCUT2D eigenvalue weighted by molar-refractivity contribution is 0.227. The van der Waals surface area contributed by atoms with Crippen LogP contribution < -0.4 is 0 Å². The number of benzene rings is 1. The molecule has 1 atom stereocenters. The molecule has 0 aromatic heterocycles. The molecule has 3 heteroatoms. The standard InChI is InChI=1S/C15H24N2O/c1-5-17(6-2)13(3)12-15(18-4)16-14-10-8-7-9-11-14/h7-11,13H,5-6,12H2,1-4H3/b16-15-. The van der Waals surface area contributed by atoms with Gasteiger partial charge < -0.3 is 9.64 Å². The fourth-order valence-electron chi connectivity index (χ4n) is 2.05. The van der Waals surface area contributed by atoms with Gasteiger partial charge in [-0.15, -0.1) is 0 Å². The van der Waals surface area contributed by atoms with Crippen molar-refractivity contribution in [1.82, 2.24) is 4.90 Å². The average Bonchev–Trinajstić information content (AvgIpc) is 2.40. The summed E-state index contributed by atoms with van der Waals surface area (Å²) >= 11 is 0. The minimum Gasteiger partial charge on any atom is -0.484 e. The topological polar surface area (TPSA) is 24.8 Å². The molecule has 18 heavy (non-hydrogen) atoms. The number of rotatable bonds is 6. The third kappa shape index (κ3) is 4.49. The lowest BCUT2D eigenvalue weighted by Crippen LogP contribution is -2.34. The lowest BCUT2D eigenvalue weighted by Gasteiger charge is -2.26. The zero-order chi connectivity index (χ0) is 13.4. The molecule has 100 valence electrons. The molecule has 0 spiro atoms. The van der Waals surface area contributed by atoms with E-state index in [4.69, 9.17) is 4.74 Å². The van der Waals surface area contributed by atoms with Crippen LogP contribution in [-0.2, 0) is 4.74 Å². The van der Waals surface area contributed by atoms with E-state index in [1.54, 1.807) is 7.11 Å². The zero-order valence-corrected chi connectivity index (χ0v) is 11.9. The van der Waals surface area contributed by atoms with Gasteiger partial charge in [-0.2, -0.15) is 0 Å². The van der Waals surface area contributed by atoms with Crippen LogP contribution in [0.25, 0.3) is 0 Å². The number of nitrogens with zero attached hydrogens (tertiary/aromatic N) is 2. The molecule has 0 aliphatic rings. The molecule has 0 saturated heterocycles. The molecule has 1 aromatic rings. The van der Waals surface area contributed by atoms with Crippen LogP contribution in [0.4, 0.5) is 5.69 Å². The van der Waals surface area contributed by atoms with Crippen LogP contribution in [0.3, 0.4) is 0 Å². The molecule has 3 nitrogen and oxygen atoms in total. The first-order valence-corrected chi connectivity index (χ1v) is 6.61. The maximum Gasteiger partial charge on any atom is 0.189 e. The van der Waals surface area contributed by atoms with E-state index in [0.29, 0.717) is 6.04 Å². The second-order valence-electron chi connectivity index (χ2n) is 4.32. The molecule has 1 aromatic carbocycles. The van der Waals surface area contributed by atoms with Crippen LogP contribution in [0.1, 0.15) is 27.2 Å². The smallest absolute Gasteiger partial charge is 0.189 e. The quantitative estimate of drug-likeness (QED) is 0.568. The van der Waals surface area contributed by atoms with Crippen molar-refractivity contribution in [2.24, 2.45) is 4.99 Å². The van der Waals surface area contributed by atoms with Gasteiger partial charge in [-0.3, -0.25) is 0 Å². The maximum atomic E-state index is 5.39. The Bertz CT molecular complexity index is 358. The molecule has 0 aliphatic heterocycles. The fourth-order valence-corrected chi connectivity index (χ4v) is 2.05. The van der Waals surface area contributed by atoms with E-state index in [1.807, 2.05) is 30.3 Å². The predicted molar refractivity (Wildman–Crippen MR) is 77.5 cm³/mol. The first kappa shape index (κ1) is 14.7. The molecule has 0 amide bonds. The summed E-state index contributed by atoms with van der Waals surface area (Å²) in [6.07, 6.45) is 0.840. The third-order valence-electron chi connectivity index (χ3n) is 3.15. The summed E-state index contributed by atoms with van der Waals surface area (Å²) in [4.78, 5) is 6.94. The summed E-state index contributed by atoms with van der Waals surface area (Å²) in [6, 6.07) is 10.4. The monoisotopic (exact) mass is 248 g/mol. The summed E-state index contributed by atoms with van der Waals surface area (Å²) in [7, 11) is 1.69. The predicted octanol–water partition coefficient (Wildman–Crippen LogP) is 3.48. The Labute approximate surface area is 110 Å². The van der Waals surface area contributed by atoms with Crippen molar-refractivity contribution in [1.29, 1.82) is 0 Å². The average molecular weight is 248 g/mol. The second-order valence-corrected chi connectivity index (χ2v) is 4.32. The summed E-state index contributed by atoms with van der Waals surface area (Å²) in [5.41, 5.74) is 0.945. The van der Waals surface area contributed by atoms with Gasteiger partial charge in [-0.05, 0) is 32.1 Å². The fraction of sp³-hybridized carbons (Fsp3) is 0.533. The number of para-hydroxylation sites is 1. The maximum absolute atomic E-state index is 5.39. The van der Waals surface area contributed by atoms with Crippen LogP contribution >= 0.6 is 0 Å². The Kier molecular flexibility index (Phi) is 6.44. The van der Waals surface area contributed by atoms with Crippen LogP contribution in [0.2, 0.25) is 0 Å². The van der Waals surface area contributed by atoms with E-state index in [0.717, 1.165) is 31.1 Å². The summed E-state index contributed by atoms with van der Waals surface area (Å²) in [5.74, 6) is 0.792. The first-order valence-electron chi connectivity index (χ1n) is 6.61. The molecule has 0 N–H and O–H groups in total. The molecule has 0 saturated carbocycles. The minimum absolute atomic E-state index is 0.447. The molecule has 1 rings (SSSR count). The first-order chi connectivity index (χ1) is 8.71. The van der Waals surface area contributed by atoms with Gasteiger partial charge in [0.25, 0.3) is 0 Å². The summed E-state index contributed by atoms with van der Waals surface area (Å²) < 4.78 is 5.39. The summed E-state index contributed by atoms with van der Waals surface area (Å²) in [5, 5.41) is 0. The second kappa shape index (κ2) is 7.88. The highest BCUT2D eigenvalue weighted by atomic mass is 16.5.